The number of esters is 1. The molecule has 2 atom stereocenters. The molecule has 1 amide bonds. The molecule has 0 spiro atoms. The van der Waals surface area contributed by atoms with Crippen LogP contribution in [-0.4, -0.2) is 60.8 Å². The molecular formula is C26H31N3O4. The molecule has 4 rings (SSSR count). The van der Waals surface area contributed by atoms with E-state index in [0.717, 1.165) is 42.0 Å². The third kappa shape index (κ3) is 5.42. The molecule has 2 aromatic rings. The largest absolute Gasteiger partial charge is 0.497 e. The highest BCUT2D eigenvalue weighted by Gasteiger charge is 2.35. The van der Waals surface area contributed by atoms with Crippen LogP contribution in [0.4, 0.5) is 0 Å². The Bertz CT molecular complexity index is 990. The van der Waals surface area contributed by atoms with Crippen LogP contribution in [0.1, 0.15) is 43.4 Å². The number of hydrogen-bond acceptors (Lipinski definition) is 6. The van der Waals surface area contributed by atoms with Crippen molar-refractivity contribution in [2.24, 2.45) is 11.0 Å². The van der Waals surface area contributed by atoms with E-state index in [1.807, 2.05) is 61.5 Å². The van der Waals surface area contributed by atoms with Gasteiger partial charge in [0.1, 0.15) is 5.75 Å². The molecule has 0 aliphatic carbocycles. The van der Waals surface area contributed by atoms with Gasteiger partial charge in [0.2, 0.25) is 0 Å². The Morgan fingerprint density at radius 3 is 2.55 bits per heavy atom. The van der Waals surface area contributed by atoms with Gasteiger partial charge in [-0.15, -0.1) is 0 Å². The first-order valence-electron chi connectivity index (χ1n) is 11.6. The molecule has 0 unspecified atom stereocenters. The Kier molecular flexibility index (Phi) is 7.40. The lowest BCUT2D eigenvalue weighted by Crippen LogP contribution is -2.44. The van der Waals surface area contributed by atoms with Crippen LogP contribution >= 0.6 is 0 Å². The average molecular weight is 450 g/mol. The van der Waals surface area contributed by atoms with Crippen molar-refractivity contribution in [2.75, 3.05) is 33.4 Å². The number of rotatable bonds is 7. The SMILES string of the molecule is CCOC(=O)[C@H]1CCCN(CC(=O)N2N=C(c3ccccc3)C[C@@H]2c2ccc(OC)cc2)C1. The second-order valence-electron chi connectivity index (χ2n) is 8.47. The van der Waals surface area contributed by atoms with E-state index in [4.69, 9.17) is 14.6 Å². The molecule has 2 aliphatic heterocycles. The molecule has 0 aromatic heterocycles. The first-order chi connectivity index (χ1) is 16.1. The van der Waals surface area contributed by atoms with Crippen LogP contribution in [0.25, 0.3) is 0 Å². The number of ether oxygens (including phenoxy) is 2. The lowest BCUT2D eigenvalue weighted by atomic mass is 9.97. The van der Waals surface area contributed by atoms with E-state index in [2.05, 4.69) is 4.90 Å². The summed E-state index contributed by atoms with van der Waals surface area (Å²) in [5.41, 5.74) is 2.93. The maximum atomic E-state index is 13.4. The minimum atomic E-state index is -0.177. The fourth-order valence-corrected chi connectivity index (χ4v) is 4.55. The number of hydrogen-bond donors (Lipinski definition) is 0. The number of piperidine rings is 1. The number of likely N-dealkylation sites (tertiary alicyclic amines) is 1. The average Bonchev–Trinajstić information content (AvgIpc) is 3.31. The Balaban J connectivity index is 1.52. The maximum Gasteiger partial charge on any atom is 0.310 e. The smallest absolute Gasteiger partial charge is 0.310 e. The normalized spacial score (nSPS) is 20.9. The molecule has 0 N–H and O–H groups in total. The van der Waals surface area contributed by atoms with Gasteiger partial charge in [-0.1, -0.05) is 42.5 Å². The second-order valence-corrected chi connectivity index (χ2v) is 8.47. The van der Waals surface area contributed by atoms with Crippen LogP contribution in [0.2, 0.25) is 0 Å². The quantitative estimate of drug-likeness (QED) is 0.604. The van der Waals surface area contributed by atoms with Gasteiger partial charge in [0, 0.05) is 13.0 Å². The second kappa shape index (κ2) is 10.6. The summed E-state index contributed by atoms with van der Waals surface area (Å²) in [6.45, 7) is 3.76. The highest BCUT2D eigenvalue weighted by molar-refractivity contribution is 6.03. The van der Waals surface area contributed by atoms with Gasteiger partial charge in [-0.2, -0.15) is 5.10 Å². The zero-order valence-electron chi connectivity index (χ0n) is 19.3. The van der Waals surface area contributed by atoms with Crippen molar-refractivity contribution in [1.82, 2.24) is 9.91 Å². The van der Waals surface area contributed by atoms with E-state index < -0.39 is 0 Å². The molecule has 7 nitrogen and oxygen atoms in total. The molecule has 7 heteroatoms. The van der Waals surface area contributed by atoms with Crippen LogP contribution in [0.5, 0.6) is 5.75 Å². The topological polar surface area (TPSA) is 71.4 Å². The number of carbonyl (C=O) groups is 2. The molecule has 0 radical (unpaired) electrons. The van der Waals surface area contributed by atoms with Gasteiger partial charge in [0.25, 0.3) is 5.91 Å². The number of hydrazone groups is 1. The van der Waals surface area contributed by atoms with Gasteiger partial charge in [0.15, 0.2) is 0 Å². The van der Waals surface area contributed by atoms with Crippen molar-refractivity contribution in [3.05, 3.63) is 65.7 Å². The summed E-state index contributed by atoms with van der Waals surface area (Å²) >= 11 is 0. The number of carbonyl (C=O) groups excluding carboxylic acids is 2. The summed E-state index contributed by atoms with van der Waals surface area (Å²) in [5, 5.41) is 6.38. The number of amides is 1. The number of methoxy groups -OCH3 is 1. The van der Waals surface area contributed by atoms with E-state index in [-0.39, 0.29) is 30.4 Å². The van der Waals surface area contributed by atoms with Gasteiger partial charge in [-0.25, -0.2) is 5.01 Å². The maximum absolute atomic E-state index is 13.4. The van der Waals surface area contributed by atoms with Crippen molar-refractivity contribution in [2.45, 2.75) is 32.2 Å². The van der Waals surface area contributed by atoms with Gasteiger partial charge in [0.05, 0.1) is 37.9 Å². The van der Waals surface area contributed by atoms with Crippen LogP contribution in [0.15, 0.2) is 59.7 Å². The highest BCUT2D eigenvalue weighted by Crippen LogP contribution is 2.34. The van der Waals surface area contributed by atoms with Crippen molar-refractivity contribution < 1.29 is 19.1 Å². The van der Waals surface area contributed by atoms with Crippen LogP contribution in [-0.2, 0) is 14.3 Å². The molecule has 0 saturated carbocycles. The first-order valence-corrected chi connectivity index (χ1v) is 11.6. The third-order valence-electron chi connectivity index (χ3n) is 6.26. The van der Waals surface area contributed by atoms with Crippen molar-refractivity contribution >= 4 is 17.6 Å². The highest BCUT2D eigenvalue weighted by atomic mass is 16.5. The Morgan fingerprint density at radius 1 is 1.09 bits per heavy atom. The van der Waals surface area contributed by atoms with Crippen molar-refractivity contribution in [1.29, 1.82) is 0 Å². The fourth-order valence-electron chi connectivity index (χ4n) is 4.55. The monoisotopic (exact) mass is 449 g/mol. The summed E-state index contributed by atoms with van der Waals surface area (Å²) in [4.78, 5) is 27.7. The molecule has 1 fully saturated rings. The fraction of sp³-hybridized carbons (Fsp3) is 0.423. The summed E-state index contributed by atoms with van der Waals surface area (Å²) in [6, 6.07) is 17.6. The molecule has 2 heterocycles. The van der Waals surface area contributed by atoms with E-state index >= 15 is 0 Å². The Hall–Kier alpha value is -3.19. The predicted octanol–water partition coefficient (Wildman–Crippen LogP) is 3.65. The van der Waals surface area contributed by atoms with Crippen molar-refractivity contribution in [3.63, 3.8) is 0 Å². The number of benzene rings is 2. The lowest BCUT2D eigenvalue weighted by molar-refractivity contribution is -0.150. The molecule has 2 aromatic carbocycles. The molecule has 174 valence electrons. The predicted molar refractivity (Wildman–Crippen MR) is 126 cm³/mol. The van der Waals surface area contributed by atoms with Crippen molar-refractivity contribution in [3.8, 4) is 5.75 Å². The summed E-state index contributed by atoms with van der Waals surface area (Å²) < 4.78 is 10.5. The van der Waals surface area contributed by atoms with E-state index in [1.54, 1.807) is 12.1 Å². The minimum absolute atomic E-state index is 0.0636. The standard InChI is InChI=1S/C26H31N3O4/c1-3-33-26(31)21-10-7-15-28(17-21)18-25(30)29-24(20-11-13-22(32-2)14-12-20)16-23(27-29)19-8-5-4-6-9-19/h4-6,8-9,11-14,21,24H,3,7,10,15-18H2,1-2H3/t21-,24+/m0/s1. The first kappa shape index (κ1) is 23.0. The molecule has 2 aliphatic rings. The van der Waals surface area contributed by atoms with E-state index in [9.17, 15) is 9.59 Å². The van der Waals surface area contributed by atoms with Gasteiger partial charge >= 0.3 is 5.97 Å². The molecule has 33 heavy (non-hydrogen) atoms. The summed E-state index contributed by atoms with van der Waals surface area (Å²) in [6.07, 6.45) is 2.32. The van der Waals surface area contributed by atoms with Crippen LogP contribution in [0, 0.1) is 5.92 Å². The molecule has 0 bridgehead atoms. The summed E-state index contributed by atoms with van der Waals surface area (Å²) in [5.74, 6) is 0.366. The van der Waals surface area contributed by atoms with Gasteiger partial charge in [-0.3, -0.25) is 14.5 Å². The summed E-state index contributed by atoms with van der Waals surface area (Å²) in [7, 11) is 1.64. The van der Waals surface area contributed by atoms with Gasteiger partial charge in [-0.05, 0) is 49.6 Å². The van der Waals surface area contributed by atoms with Crippen LogP contribution < -0.4 is 4.74 Å². The zero-order valence-corrected chi connectivity index (χ0v) is 19.3. The van der Waals surface area contributed by atoms with Gasteiger partial charge < -0.3 is 9.47 Å². The Morgan fingerprint density at radius 2 is 1.85 bits per heavy atom. The van der Waals surface area contributed by atoms with Crippen LogP contribution in [0.3, 0.4) is 0 Å². The molecule has 1 saturated heterocycles. The van der Waals surface area contributed by atoms with E-state index in [1.165, 1.54) is 0 Å². The third-order valence-corrected chi connectivity index (χ3v) is 6.26. The zero-order chi connectivity index (χ0) is 23.2. The van der Waals surface area contributed by atoms with E-state index in [0.29, 0.717) is 19.6 Å². The minimum Gasteiger partial charge on any atom is -0.497 e. The number of nitrogens with zero attached hydrogens (tertiary/aromatic N) is 3. The lowest BCUT2D eigenvalue weighted by Gasteiger charge is -2.32. The Labute approximate surface area is 195 Å². The molecular weight excluding hydrogens is 418 g/mol.